The van der Waals surface area contributed by atoms with Crippen molar-refractivity contribution in [1.82, 2.24) is 0 Å². The van der Waals surface area contributed by atoms with Gasteiger partial charge in [-0.3, -0.25) is 0 Å². The summed E-state index contributed by atoms with van der Waals surface area (Å²) in [6.45, 7) is 8.72. The molecular formula is C26H46O4Sn. The number of benzene rings is 1. The van der Waals surface area contributed by atoms with E-state index in [1.54, 1.807) is 7.11 Å². The summed E-state index contributed by atoms with van der Waals surface area (Å²) in [6.07, 6.45) is 9.17. The van der Waals surface area contributed by atoms with Crippen molar-refractivity contribution in [3.8, 4) is 0 Å². The third-order valence-electron chi connectivity index (χ3n) is 6.07. The van der Waals surface area contributed by atoms with E-state index in [0.717, 1.165) is 5.56 Å². The number of hydrogen-bond donors (Lipinski definition) is 1. The zero-order valence-corrected chi connectivity index (χ0v) is 23.3. The molecule has 1 unspecified atom stereocenters. The van der Waals surface area contributed by atoms with Gasteiger partial charge < -0.3 is 0 Å². The summed E-state index contributed by atoms with van der Waals surface area (Å²) in [7, 11) is 1.67. The van der Waals surface area contributed by atoms with Crippen LogP contribution in [0.25, 0.3) is 0 Å². The summed E-state index contributed by atoms with van der Waals surface area (Å²) in [5.74, 6) is 0. The van der Waals surface area contributed by atoms with Gasteiger partial charge in [0.25, 0.3) is 0 Å². The van der Waals surface area contributed by atoms with Gasteiger partial charge in [-0.05, 0) is 0 Å². The van der Waals surface area contributed by atoms with Crippen LogP contribution in [0.1, 0.15) is 71.0 Å². The SMILES string of the molecule is CCC[CH2][Sn]([CH2]CCC)([CH2]CCC)/[C](=C/COCOCCOC)C(O)c1ccccc1. The minimum absolute atomic E-state index is 0.260. The van der Waals surface area contributed by atoms with E-state index < -0.39 is 24.5 Å². The molecule has 0 heterocycles. The van der Waals surface area contributed by atoms with Crippen LogP contribution in [-0.2, 0) is 14.2 Å². The molecule has 0 radical (unpaired) electrons. The standard InChI is InChI=1S/C14H19O4.3C4H9.Sn/c1-16-10-11-18-12-17-9-5-8-14(15)13-6-3-2-4-7-13;3*1-3-4-2;/h2-7,14-15H,9-12H2,1H3;3*1,3-4H2,2H3;. The first-order valence-corrected chi connectivity index (χ1v) is 19.7. The summed E-state index contributed by atoms with van der Waals surface area (Å²) in [5, 5.41) is 11.6. The Bertz CT molecular complexity index is 554. The number of methoxy groups -OCH3 is 1. The Hall–Kier alpha value is -0.401. The molecule has 1 aromatic rings. The molecule has 1 rings (SSSR count). The number of ether oxygens (including phenoxy) is 3. The van der Waals surface area contributed by atoms with Crippen LogP contribution in [0.4, 0.5) is 0 Å². The van der Waals surface area contributed by atoms with Crippen LogP contribution in [-0.4, -0.2) is 57.2 Å². The predicted molar refractivity (Wildman–Crippen MR) is 133 cm³/mol. The summed E-state index contributed by atoms with van der Waals surface area (Å²) in [4.78, 5) is 0. The fourth-order valence-electron chi connectivity index (χ4n) is 4.24. The van der Waals surface area contributed by atoms with E-state index in [1.165, 1.54) is 55.4 Å². The molecule has 0 aromatic heterocycles. The summed E-state index contributed by atoms with van der Waals surface area (Å²) in [5.41, 5.74) is 1.01. The van der Waals surface area contributed by atoms with Gasteiger partial charge in [0.2, 0.25) is 0 Å². The van der Waals surface area contributed by atoms with Crippen molar-refractivity contribution < 1.29 is 19.3 Å². The number of hydrogen-bond acceptors (Lipinski definition) is 4. The average Bonchev–Trinajstić information content (AvgIpc) is 2.81. The zero-order chi connectivity index (χ0) is 22.8. The second-order valence-electron chi connectivity index (χ2n) is 8.45. The summed E-state index contributed by atoms with van der Waals surface area (Å²) in [6, 6.07) is 10.2. The Kier molecular flexibility index (Phi) is 16.7. The van der Waals surface area contributed by atoms with E-state index in [9.17, 15) is 5.11 Å². The van der Waals surface area contributed by atoms with Crippen LogP contribution < -0.4 is 0 Å². The molecule has 0 saturated carbocycles. The maximum absolute atomic E-state index is 11.6. The van der Waals surface area contributed by atoms with Gasteiger partial charge in [0.05, 0.1) is 0 Å². The third kappa shape index (κ3) is 10.8. The van der Waals surface area contributed by atoms with Crippen LogP contribution >= 0.6 is 0 Å². The topological polar surface area (TPSA) is 47.9 Å². The molecule has 31 heavy (non-hydrogen) atoms. The minimum atomic E-state index is -2.79. The monoisotopic (exact) mass is 542 g/mol. The molecule has 1 N–H and O–H groups in total. The zero-order valence-electron chi connectivity index (χ0n) is 20.4. The number of aliphatic hydroxyl groups is 1. The maximum atomic E-state index is 11.6. The number of aliphatic hydroxyl groups excluding tert-OH is 1. The molecule has 5 heteroatoms. The first-order valence-electron chi connectivity index (χ1n) is 12.2. The molecule has 0 saturated heterocycles. The van der Waals surface area contributed by atoms with Gasteiger partial charge in [-0.1, -0.05) is 0 Å². The molecule has 1 aromatic carbocycles. The van der Waals surface area contributed by atoms with Crippen molar-refractivity contribution in [3.05, 3.63) is 45.6 Å². The fourth-order valence-corrected chi connectivity index (χ4v) is 21.3. The first kappa shape index (κ1) is 28.6. The van der Waals surface area contributed by atoms with Crippen molar-refractivity contribution in [2.75, 3.05) is 33.7 Å². The second-order valence-corrected chi connectivity index (χ2v) is 21.7. The Morgan fingerprint density at radius 3 is 2.00 bits per heavy atom. The molecule has 0 aliphatic carbocycles. The van der Waals surface area contributed by atoms with Crippen LogP contribution in [0.15, 0.2) is 40.0 Å². The van der Waals surface area contributed by atoms with Crippen LogP contribution in [0.5, 0.6) is 0 Å². The Morgan fingerprint density at radius 2 is 1.48 bits per heavy atom. The molecule has 0 bridgehead atoms. The Morgan fingerprint density at radius 1 is 0.903 bits per heavy atom. The van der Waals surface area contributed by atoms with Gasteiger partial charge in [0.15, 0.2) is 0 Å². The van der Waals surface area contributed by atoms with Gasteiger partial charge in [-0.15, -0.1) is 0 Å². The molecule has 178 valence electrons. The Labute approximate surface area is 195 Å². The molecule has 0 spiro atoms. The quantitative estimate of drug-likeness (QED) is 0.121. The average molecular weight is 541 g/mol. The van der Waals surface area contributed by atoms with Crippen molar-refractivity contribution in [1.29, 1.82) is 0 Å². The third-order valence-corrected chi connectivity index (χ3v) is 22.1. The van der Waals surface area contributed by atoms with Crippen molar-refractivity contribution >= 4 is 18.4 Å². The summed E-state index contributed by atoms with van der Waals surface area (Å²) < 4.78 is 21.6. The van der Waals surface area contributed by atoms with Crippen molar-refractivity contribution in [2.24, 2.45) is 0 Å². The van der Waals surface area contributed by atoms with Crippen molar-refractivity contribution in [3.63, 3.8) is 0 Å². The van der Waals surface area contributed by atoms with E-state index in [-0.39, 0.29) is 6.79 Å². The van der Waals surface area contributed by atoms with E-state index in [2.05, 4.69) is 39.0 Å². The molecule has 4 nitrogen and oxygen atoms in total. The van der Waals surface area contributed by atoms with Crippen LogP contribution in [0.2, 0.25) is 13.3 Å². The normalized spacial score (nSPS) is 13.5. The molecule has 0 amide bonds. The molecule has 0 fully saturated rings. The predicted octanol–water partition coefficient (Wildman–Crippen LogP) is 6.67. The van der Waals surface area contributed by atoms with Gasteiger partial charge in [-0.25, -0.2) is 0 Å². The number of unbranched alkanes of at least 4 members (excludes halogenated alkanes) is 3. The molecule has 0 aliphatic rings. The van der Waals surface area contributed by atoms with E-state index >= 15 is 0 Å². The Balaban J connectivity index is 3.16. The van der Waals surface area contributed by atoms with E-state index in [1.807, 2.05) is 18.2 Å². The van der Waals surface area contributed by atoms with Crippen LogP contribution in [0.3, 0.4) is 0 Å². The number of rotatable bonds is 19. The molecular weight excluding hydrogens is 495 g/mol. The summed E-state index contributed by atoms with van der Waals surface area (Å²) >= 11 is -2.79. The second kappa shape index (κ2) is 18.1. The van der Waals surface area contributed by atoms with Gasteiger partial charge >= 0.3 is 196 Å². The fraction of sp³-hybridized carbons (Fsp3) is 0.692. The van der Waals surface area contributed by atoms with Gasteiger partial charge in [0.1, 0.15) is 0 Å². The molecule has 1 atom stereocenters. The van der Waals surface area contributed by atoms with E-state index in [0.29, 0.717) is 19.8 Å². The van der Waals surface area contributed by atoms with Crippen molar-refractivity contribution in [2.45, 2.75) is 78.7 Å². The first-order chi connectivity index (χ1) is 15.1. The van der Waals surface area contributed by atoms with Gasteiger partial charge in [0, 0.05) is 0 Å². The molecule has 0 aliphatic heterocycles. The van der Waals surface area contributed by atoms with Gasteiger partial charge in [-0.2, -0.15) is 0 Å². The van der Waals surface area contributed by atoms with E-state index in [4.69, 9.17) is 14.2 Å². The van der Waals surface area contributed by atoms with Crippen LogP contribution in [0, 0.1) is 0 Å².